The van der Waals surface area contributed by atoms with Gasteiger partial charge in [0.05, 0.1) is 2.88 Å². The molecule has 1 rings (SSSR count). The van der Waals surface area contributed by atoms with Crippen LogP contribution in [0.5, 0.6) is 0 Å². The molecule has 8 heavy (non-hydrogen) atoms. The maximum atomic E-state index is 12.2. The lowest BCUT2D eigenvalue weighted by Gasteiger charge is -1.76. The van der Waals surface area contributed by atoms with Gasteiger partial charge in [-0.05, 0) is 41.1 Å². The lowest BCUT2D eigenvalue weighted by molar-refractivity contribution is 0.656. The normalized spacial score (nSPS) is 9.88. The molecule has 44 valence electrons. The predicted molar refractivity (Wildman–Crippen MR) is 41.7 cm³/mol. The van der Waals surface area contributed by atoms with Crippen LogP contribution in [0.4, 0.5) is 4.39 Å². The summed E-state index contributed by atoms with van der Waals surface area (Å²) in [6, 6.07) is 1.55. The van der Waals surface area contributed by atoms with E-state index in [9.17, 15) is 4.39 Å². The zero-order valence-corrected chi connectivity index (χ0v) is 7.22. The summed E-state index contributed by atoms with van der Waals surface area (Å²) < 4.78 is 13.2. The number of hydrogen-bond acceptors (Lipinski definition) is 1. The molecule has 0 amide bonds. The molecule has 0 nitrogen and oxygen atoms in total. The fraction of sp³-hybridized carbons (Fsp3) is 0.200. The van der Waals surface area contributed by atoms with Gasteiger partial charge in [-0.1, -0.05) is 11.3 Å². The molecule has 0 aliphatic heterocycles. The highest BCUT2D eigenvalue weighted by Gasteiger charge is 1.98. The van der Waals surface area contributed by atoms with Crippen LogP contribution in [0.25, 0.3) is 0 Å². The molecule has 1 heterocycles. The molecular weight excluding hydrogens is 238 g/mol. The lowest BCUT2D eigenvalue weighted by atomic mass is 10.4. The van der Waals surface area contributed by atoms with Crippen molar-refractivity contribution in [3.05, 3.63) is 19.6 Å². The predicted octanol–water partition coefficient (Wildman–Crippen LogP) is 2.80. The van der Waals surface area contributed by atoms with E-state index >= 15 is 0 Å². The molecule has 0 spiro atoms. The van der Waals surface area contributed by atoms with Crippen molar-refractivity contribution in [3.8, 4) is 0 Å². The van der Waals surface area contributed by atoms with E-state index in [-0.39, 0.29) is 5.13 Å². The summed E-state index contributed by atoms with van der Waals surface area (Å²) in [5.74, 6) is 0. The van der Waals surface area contributed by atoms with Gasteiger partial charge in [0.15, 0.2) is 5.13 Å². The van der Waals surface area contributed by atoms with Gasteiger partial charge in [0, 0.05) is 0 Å². The van der Waals surface area contributed by atoms with Crippen LogP contribution in [0.1, 0.15) is 5.56 Å². The van der Waals surface area contributed by atoms with E-state index in [1.54, 1.807) is 6.07 Å². The first-order chi connectivity index (χ1) is 3.70. The average molecular weight is 242 g/mol. The summed E-state index contributed by atoms with van der Waals surface area (Å²) in [4.78, 5) is 0. The summed E-state index contributed by atoms with van der Waals surface area (Å²) in [6.45, 7) is 1.90. The fourth-order valence-electron chi connectivity index (χ4n) is 0.423. The van der Waals surface area contributed by atoms with Gasteiger partial charge in [-0.25, -0.2) is 0 Å². The van der Waals surface area contributed by atoms with Crippen LogP contribution in [0.15, 0.2) is 6.07 Å². The summed E-state index contributed by atoms with van der Waals surface area (Å²) in [5.41, 5.74) is 1.04. The van der Waals surface area contributed by atoms with E-state index in [1.807, 2.05) is 6.92 Å². The third kappa shape index (κ3) is 1.20. The molecule has 1 aromatic heterocycles. The van der Waals surface area contributed by atoms with Crippen molar-refractivity contribution >= 4 is 33.9 Å². The van der Waals surface area contributed by atoms with Gasteiger partial charge >= 0.3 is 0 Å². The number of halogens is 2. The van der Waals surface area contributed by atoms with Crippen molar-refractivity contribution in [1.82, 2.24) is 0 Å². The molecule has 0 fully saturated rings. The van der Waals surface area contributed by atoms with Crippen LogP contribution in [0.3, 0.4) is 0 Å². The molecule has 0 atom stereocenters. The van der Waals surface area contributed by atoms with Gasteiger partial charge in [0.1, 0.15) is 0 Å². The van der Waals surface area contributed by atoms with E-state index in [1.165, 1.54) is 11.3 Å². The Morgan fingerprint density at radius 1 is 1.75 bits per heavy atom. The lowest BCUT2D eigenvalue weighted by Crippen LogP contribution is -1.60. The van der Waals surface area contributed by atoms with Crippen molar-refractivity contribution in [2.24, 2.45) is 0 Å². The first-order valence-corrected chi connectivity index (χ1v) is 4.01. The van der Waals surface area contributed by atoms with Gasteiger partial charge in [-0.2, -0.15) is 4.39 Å². The van der Waals surface area contributed by atoms with E-state index in [0.29, 0.717) is 0 Å². The van der Waals surface area contributed by atoms with Crippen molar-refractivity contribution in [3.63, 3.8) is 0 Å². The van der Waals surface area contributed by atoms with E-state index in [0.717, 1.165) is 8.45 Å². The third-order valence-corrected chi connectivity index (χ3v) is 3.15. The van der Waals surface area contributed by atoms with Gasteiger partial charge in [-0.15, -0.1) is 0 Å². The van der Waals surface area contributed by atoms with Crippen LogP contribution >= 0.6 is 33.9 Å². The summed E-state index contributed by atoms with van der Waals surface area (Å²) in [5, 5.41) is -0.0908. The Morgan fingerprint density at radius 2 is 2.38 bits per heavy atom. The Hall–Kier alpha value is 0.360. The molecule has 0 saturated heterocycles. The van der Waals surface area contributed by atoms with Gasteiger partial charge in [0.25, 0.3) is 0 Å². The van der Waals surface area contributed by atoms with Gasteiger partial charge in [-0.3, -0.25) is 0 Å². The minimum atomic E-state index is -0.0908. The van der Waals surface area contributed by atoms with Gasteiger partial charge < -0.3 is 0 Å². The zero-order chi connectivity index (χ0) is 6.15. The minimum Gasteiger partial charge on any atom is -0.195 e. The van der Waals surface area contributed by atoms with Crippen molar-refractivity contribution in [1.29, 1.82) is 0 Å². The van der Waals surface area contributed by atoms with E-state index in [2.05, 4.69) is 22.6 Å². The molecule has 0 saturated carbocycles. The molecular formula is C5H4FIS. The standard InChI is InChI=1S/C5H4FIS/c1-3-2-4(6)8-5(3)7/h2H,1H3. The molecule has 1 aromatic rings. The minimum absolute atomic E-state index is 0.0908. The molecule has 3 heteroatoms. The molecule has 0 unspecified atom stereocenters. The monoisotopic (exact) mass is 242 g/mol. The number of hydrogen-bond donors (Lipinski definition) is 0. The van der Waals surface area contributed by atoms with Crippen molar-refractivity contribution in [2.45, 2.75) is 6.92 Å². The summed E-state index contributed by atoms with van der Waals surface area (Å²) >= 11 is 3.31. The molecule has 0 radical (unpaired) electrons. The maximum Gasteiger partial charge on any atom is 0.177 e. The maximum absolute atomic E-state index is 12.2. The van der Waals surface area contributed by atoms with Crippen molar-refractivity contribution in [2.75, 3.05) is 0 Å². The fourth-order valence-corrected chi connectivity index (χ4v) is 1.84. The van der Waals surface area contributed by atoms with E-state index < -0.39 is 0 Å². The molecule has 0 aliphatic rings. The van der Waals surface area contributed by atoms with Crippen molar-refractivity contribution < 1.29 is 4.39 Å². The number of rotatable bonds is 0. The Morgan fingerprint density at radius 3 is 2.50 bits per heavy atom. The summed E-state index contributed by atoms with van der Waals surface area (Å²) in [7, 11) is 0. The SMILES string of the molecule is Cc1cc(F)sc1I. The number of aryl methyl sites for hydroxylation is 1. The van der Waals surface area contributed by atoms with Gasteiger partial charge in [0.2, 0.25) is 0 Å². The molecule has 0 aromatic carbocycles. The van der Waals surface area contributed by atoms with Crippen LogP contribution in [-0.4, -0.2) is 0 Å². The molecule has 0 aliphatic carbocycles. The Balaban J connectivity index is 3.14. The first-order valence-electron chi connectivity index (χ1n) is 2.11. The summed E-state index contributed by atoms with van der Waals surface area (Å²) in [6.07, 6.45) is 0. The second kappa shape index (κ2) is 2.31. The Kier molecular flexibility index (Phi) is 1.87. The second-order valence-electron chi connectivity index (χ2n) is 1.51. The topological polar surface area (TPSA) is 0 Å². The van der Waals surface area contributed by atoms with Crippen LogP contribution in [-0.2, 0) is 0 Å². The highest BCUT2D eigenvalue weighted by molar-refractivity contribution is 14.1. The Labute approximate surface area is 64.9 Å². The smallest absolute Gasteiger partial charge is 0.177 e. The zero-order valence-electron chi connectivity index (χ0n) is 4.24. The number of thiophene rings is 1. The molecule has 0 bridgehead atoms. The van der Waals surface area contributed by atoms with Crippen LogP contribution in [0, 0.1) is 14.9 Å². The van der Waals surface area contributed by atoms with Crippen LogP contribution < -0.4 is 0 Å². The van der Waals surface area contributed by atoms with Crippen LogP contribution in [0.2, 0.25) is 0 Å². The highest BCUT2D eigenvalue weighted by atomic mass is 127. The average Bonchev–Trinajstić information content (AvgIpc) is 1.85. The van der Waals surface area contributed by atoms with E-state index in [4.69, 9.17) is 0 Å². The third-order valence-electron chi connectivity index (χ3n) is 0.827. The first kappa shape index (κ1) is 6.48. The molecule has 0 N–H and O–H groups in total. The second-order valence-corrected chi connectivity index (χ2v) is 4.32. The largest absolute Gasteiger partial charge is 0.195 e. The quantitative estimate of drug-likeness (QED) is 0.613. The Bertz CT molecular complexity index is 175. The highest BCUT2D eigenvalue weighted by Crippen LogP contribution is 2.21.